The zero-order valence-electron chi connectivity index (χ0n) is 14.3. The van der Waals surface area contributed by atoms with E-state index >= 15 is 0 Å². The van der Waals surface area contributed by atoms with Gasteiger partial charge in [-0.15, -0.1) is 0 Å². The lowest BCUT2D eigenvalue weighted by Crippen LogP contribution is -2.61. The molecule has 2 aromatic carbocycles. The van der Waals surface area contributed by atoms with Gasteiger partial charge < -0.3 is 34.3 Å². The fourth-order valence-corrected chi connectivity index (χ4v) is 3.22. The van der Waals surface area contributed by atoms with E-state index in [-0.39, 0.29) is 11.3 Å². The molecule has 0 spiro atoms. The maximum Gasteiger partial charge on any atom is 0.344 e. The Labute approximate surface area is 157 Å². The number of carbonyl (C=O) groups is 1. The summed E-state index contributed by atoms with van der Waals surface area (Å²) in [5.41, 5.74) is -0.305. The van der Waals surface area contributed by atoms with Crippen molar-refractivity contribution in [3.8, 4) is 5.75 Å². The van der Waals surface area contributed by atoms with E-state index in [1.807, 2.05) is 0 Å². The van der Waals surface area contributed by atoms with E-state index in [1.54, 1.807) is 30.3 Å². The summed E-state index contributed by atoms with van der Waals surface area (Å²) >= 11 is 0. The Hall–Kier alpha value is -2.98. The Morgan fingerprint density at radius 1 is 0.929 bits per heavy atom. The number of fused-ring (bicyclic) bond motifs is 3. The van der Waals surface area contributed by atoms with Crippen LogP contribution < -0.4 is 10.4 Å². The minimum Gasteiger partial charge on any atom is -0.479 e. The quantitative estimate of drug-likeness (QED) is 0.365. The average Bonchev–Trinajstić information content (AvgIpc) is 2.68. The van der Waals surface area contributed by atoms with Crippen LogP contribution in [0.4, 0.5) is 0 Å². The molecule has 5 atom stereocenters. The second kappa shape index (κ2) is 6.88. The summed E-state index contributed by atoms with van der Waals surface area (Å²) in [5.74, 6) is -1.40. The highest BCUT2D eigenvalue weighted by molar-refractivity contribution is 6.04. The first-order valence-electron chi connectivity index (χ1n) is 8.41. The van der Waals surface area contributed by atoms with Crippen LogP contribution in [0.1, 0.15) is 0 Å². The van der Waals surface area contributed by atoms with E-state index in [4.69, 9.17) is 19.0 Å². The second-order valence-corrected chi connectivity index (χ2v) is 6.45. The van der Waals surface area contributed by atoms with Crippen molar-refractivity contribution < 1.29 is 39.1 Å². The molecule has 28 heavy (non-hydrogen) atoms. The lowest BCUT2D eigenvalue weighted by atomic mass is 9.99. The Kier molecular flexibility index (Phi) is 4.52. The summed E-state index contributed by atoms with van der Waals surface area (Å²) in [7, 11) is 0. The Balaban J connectivity index is 1.69. The monoisotopic (exact) mass is 388 g/mol. The molecule has 9 nitrogen and oxygen atoms in total. The van der Waals surface area contributed by atoms with Gasteiger partial charge >= 0.3 is 11.6 Å². The third kappa shape index (κ3) is 3.00. The zero-order chi connectivity index (χ0) is 20.0. The first-order valence-corrected chi connectivity index (χ1v) is 8.41. The van der Waals surface area contributed by atoms with Gasteiger partial charge in [-0.3, -0.25) is 0 Å². The Morgan fingerprint density at radius 3 is 2.36 bits per heavy atom. The molecule has 0 saturated carbocycles. The molecular weight excluding hydrogens is 372 g/mol. The summed E-state index contributed by atoms with van der Waals surface area (Å²) in [6.07, 6.45) is -8.60. The van der Waals surface area contributed by atoms with Crippen LogP contribution in [0.2, 0.25) is 0 Å². The lowest BCUT2D eigenvalue weighted by Gasteiger charge is -2.38. The van der Waals surface area contributed by atoms with Gasteiger partial charge in [-0.2, -0.15) is 0 Å². The molecule has 0 bridgehead atoms. The maximum absolute atomic E-state index is 12.1. The van der Waals surface area contributed by atoms with Gasteiger partial charge in [-0.05, 0) is 23.6 Å². The Bertz CT molecular complexity index is 1110. The normalized spacial score (nSPS) is 27.8. The first-order chi connectivity index (χ1) is 13.4. The van der Waals surface area contributed by atoms with Crippen LogP contribution in [0.5, 0.6) is 5.75 Å². The number of benzene rings is 2. The van der Waals surface area contributed by atoms with Crippen molar-refractivity contribution >= 4 is 27.7 Å². The van der Waals surface area contributed by atoms with Crippen LogP contribution in [0, 0.1) is 0 Å². The largest absolute Gasteiger partial charge is 0.479 e. The fourth-order valence-electron chi connectivity index (χ4n) is 3.22. The molecule has 1 aliphatic rings. The van der Waals surface area contributed by atoms with Crippen LogP contribution in [0.3, 0.4) is 0 Å². The summed E-state index contributed by atoms with van der Waals surface area (Å²) in [5, 5.41) is 40.5. The summed E-state index contributed by atoms with van der Waals surface area (Å²) in [6, 6.07) is 11.5. The Morgan fingerprint density at radius 2 is 1.64 bits per heavy atom. The van der Waals surface area contributed by atoms with Gasteiger partial charge in [0.2, 0.25) is 6.29 Å². The molecular formula is C19H16O9. The highest BCUT2D eigenvalue weighted by atomic mass is 16.7. The summed E-state index contributed by atoms with van der Waals surface area (Å²) in [6.45, 7) is 0. The van der Waals surface area contributed by atoms with Crippen LogP contribution in [-0.2, 0) is 9.53 Å². The van der Waals surface area contributed by atoms with E-state index in [0.717, 1.165) is 0 Å². The van der Waals surface area contributed by atoms with Gasteiger partial charge in [-0.25, -0.2) is 9.59 Å². The molecule has 0 radical (unpaired) electrons. The predicted octanol–water partition coefficient (Wildman–Crippen LogP) is 0.217. The highest BCUT2D eigenvalue weighted by Gasteiger charge is 2.48. The lowest BCUT2D eigenvalue weighted by molar-refractivity contribution is -0.271. The van der Waals surface area contributed by atoms with Gasteiger partial charge in [0.25, 0.3) is 0 Å². The van der Waals surface area contributed by atoms with Crippen LogP contribution in [0.15, 0.2) is 51.7 Å². The van der Waals surface area contributed by atoms with Crippen LogP contribution >= 0.6 is 0 Å². The number of carboxylic acid groups (broad SMARTS) is 1. The van der Waals surface area contributed by atoms with Gasteiger partial charge in [0.1, 0.15) is 29.6 Å². The van der Waals surface area contributed by atoms with Gasteiger partial charge in [0.05, 0.1) is 5.39 Å². The smallest absolute Gasteiger partial charge is 0.344 e. The molecule has 0 aliphatic carbocycles. The average molecular weight is 388 g/mol. The van der Waals surface area contributed by atoms with Crippen molar-refractivity contribution in [2.75, 3.05) is 0 Å². The standard InChI is InChI=1S/C19H16O9/c20-13-14(21)16(17(23)24)28-19(15(13)22)26-8-5-6-10-9-3-1-2-4-11(9)18(25)27-12(10)7-8/h1-7,13-16,19-22H,(H,23,24). The molecule has 4 N–H and O–H groups in total. The van der Waals surface area contributed by atoms with Crippen molar-refractivity contribution in [1.29, 1.82) is 0 Å². The third-order valence-corrected chi connectivity index (χ3v) is 4.66. The second-order valence-electron chi connectivity index (χ2n) is 6.45. The van der Waals surface area contributed by atoms with Gasteiger partial charge in [0.15, 0.2) is 6.10 Å². The van der Waals surface area contributed by atoms with Crippen molar-refractivity contribution in [2.24, 2.45) is 0 Å². The molecule has 146 valence electrons. The molecule has 2 heterocycles. The summed E-state index contributed by atoms with van der Waals surface area (Å²) < 4.78 is 15.8. The number of aliphatic hydroxyl groups excluding tert-OH is 3. The number of hydrogen-bond donors (Lipinski definition) is 4. The molecule has 1 fully saturated rings. The van der Waals surface area contributed by atoms with E-state index in [9.17, 15) is 24.9 Å². The summed E-state index contributed by atoms with van der Waals surface area (Å²) in [4.78, 5) is 23.3. The molecule has 1 aliphatic heterocycles. The zero-order valence-corrected chi connectivity index (χ0v) is 14.3. The molecule has 3 aromatic rings. The number of ether oxygens (including phenoxy) is 2. The van der Waals surface area contributed by atoms with E-state index in [0.29, 0.717) is 16.2 Å². The van der Waals surface area contributed by atoms with Crippen LogP contribution in [0.25, 0.3) is 21.7 Å². The maximum atomic E-state index is 12.1. The predicted molar refractivity (Wildman–Crippen MR) is 94.9 cm³/mol. The minimum atomic E-state index is -1.81. The van der Waals surface area contributed by atoms with Crippen molar-refractivity contribution in [1.82, 2.24) is 0 Å². The molecule has 4 rings (SSSR count). The molecule has 1 aromatic heterocycles. The highest BCUT2D eigenvalue weighted by Crippen LogP contribution is 2.29. The number of aliphatic carboxylic acids is 1. The van der Waals surface area contributed by atoms with Crippen molar-refractivity contribution in [3.05, 3.63) is 52.9 Å². The van der Waals surface area contributed by atoms with E-state index in [2.05, 4.69) is 0 Å². The minimum absolute atomic E-state index is 0.114. The van der Waals surface area contributed by atoms with Gasteiger partial charge in [0, 0.05) is 11.5 Å². The van der Waals surface area contributed by atoms with Crippen molar-refractivity contribution in [2.45, 2.75) is 30.7 Å². The topological polar surface area (TPSA) is 147 Å². The molecule has 9 heteroatoms. The molecule has 1 saturated heterocycles. The fraction of sp³-hybridized carbons (Fsp3) is 0.263. The number of rotatable bonds is 3. The van der Waals surface area contributed by atoms with E-state index < -0.39 is 42.3 Å². The van der Waals surface area contributed by atoms with E-state index in [1.165, 1.54) is 12.1 Å². The number of hydrogen-bond acceptors (Lipinski definition) is 8. The van der Waals surface area contributed by atoms with Crippen molar-refractivity contribution in [3.63, 3.8) is 0 Å². The number of aliphatic hydroxyl groups is 3. The first kappa shape index (κ1) is 18.4. The third-order valence-electron chi connectivity index (χ3n) is 4.66. The molecule has 0 amide bonds. The van der Waals surface area contributed by atoms with Crippen LogP contribution in [-0.4, -0.2) is 57.1 Å². The molecule has 5 unspecified atom stereocenters. The van der Waals surface area contributed by atoms with Gasteiger partial charge in [-0.1, -0.05) is 18.2 Å². The SMILES string of the molecule is O=C(O)C1OC(Oc2ccc3c(c2)oc(=O)c2ccccc23)C(O)C(O)C1O. The number of carboxylic acids is 1.